The van der Waals surface area contributed by atoms with Gasteiger partial charge in [0, 0.05) is 31.3 Å². The lowest BCUT2D eigenvalue weighted by atomic mass is 10.1. The van der Waals surface area contributed by atoms with Crippen LogP contribution in [0.25, 0.3) is 0 Å². The molecule has 0 aromatic carbocycles. The summed E-state index contributed by atoms with van der Waals surface area (Å²) in [6, 6.07) is -0.897. The summed E-state index contributed by atoms with van der Waals surface area (Å²) in [7, 11) is -4.53. The Morgan fingerprint density at radius 3 is 2.58 bits per heavy atom. The summed E-state index contributed by atoms with van der Waals surface area (Å²) < 4.78 is 31.8. The molecule has 0 fully saturated rings. The van der Waals surface area contributed by atoms with Crippen LogP contribution >= 0.6 is 7.82 Å². The number of aromatic amines is 1. The van der Waals surface area contributed by atoms with Gasteiger partial charge in [-0.3, -0.25) is 23.4 Å². The molecule has 1 aromatic rings. The molecule has 1 rings (SSSR count). The summed E-state index contributed by atoms with van der Waals surface area (Å²) in [6.45, 7) is 2.16. The Hall–Kier alpha value is -2.31. The van der Waals surface area contributed by atoms with Gasteiger partial charge in [-0.25, -0.2) is 9.55 Å². The van der Waals surface area contributed by atoms with E-state index in [0.29, 0.717) is 12.8 Å². The molecule has 0 radical (unpaired) electrons. The lowest BCUT2D eigenvalue weighted by Crippen LogP contribution is -2.38. The Bertz CT molecular complexity index is 774. The van der Waals surface area contributed by atoms with Crippen LogP contribution in [0.1, 0.15) is 45.2 Å². The molecular formula is C19H32N3O10P. The molecule has 3 atom stereocenters. The van der Waals surface area contributed by atoms with Gasteiger partial charge in [0.25, 0.3) is 0 Å². The van der Waals surface area contributed by atoms with Crippen LogP contribution in [-0.4, -0.2) is 76.4 Å². The van der Waals surface area contributed by atoms with Gasteiger partial charge in [0.15, 0.2) is 6.10 Å². The van der Waals surface area contributed by atoms with Crippen molar-refractivity contribution in [2.75, 3.05) is 26.4 Å². The third-order valence-electron chi connectivity index (χ3n) is 4.20. The van der Waals surface area contributed by atoms with Crippen molar-refractivity contribution in [3.8, 4) is 0 Å². The van der Waals surface area contributed by atoms with Crippen LogP contribution in [0.5, 0.6) is 0 Å². The zero-order valence-electron chi connectivity index (χ0n) is 18.7. The van der Waals surface area contributed by atoms with Crippen LogP contribution in [0, 0.1) is 0 Å². The van der Waals surface area contributed by atoms with Gasteiger partial charge in [-0.2, -0.15) is 0 Å². The molecule has 1 aromatic heterocycles. The number of carbonyl (C=O) groups is 3. The van der Waals surface area contributed by atoms with E-state index in [1.54, 1.807) is 20.0 Å². The fourth-order valence-corrected chi connectivity index (χ4v) is 3.25. The highest BCUT2D eigenvalue weighted by molar-refractivity contribution is 7.47. The molecule has 0 saturated heterocycles. The third kappa shape index (κ3) is 13.1. The minimum atomic E-state index is -4.53. The average Bonchev–Trinajstić information content (AvgIpc) is 3.28. The Labute approximate surface area is 191 Å². The number of aromatic nitrogens is 2. The van der Waals surface area contributed by atoms with Crippen molar-refractivity contribution in [3.63, 3.8) is 0 Å². The predicted octanol–water partition coefficient (Wildman–Crippen LogP) is 1.18. The molecule has 0 aliphatic carbocycles. The number of H-pyrrole nitrogens is 1. The SMILES string of the molecule is CCCC(=O)OC(COC(=O)CC)COP(=O)(O)OCCNC(CCc1cnc[nH]1)C(=O)O. The van der Waals surface area contributed by atoms with Crippen LogP contribution in [-0.2, 0) is 43.9 Å². The number of nitrogens with zero attached hydrogens (tertiary/aromatic N) is 1. The lowest BCUT2D eigenvalue weighted by molar-refractivity contribution is -0.161. The number of phosphoric acid groups is 1. The standard InChI is InChI=1S/C19H32N3O10P/c1-3-5-18(24)32-15(11-29-17(23)4-2)12-31-33(27,28)30-9-8-21-16(19(25)26)7-6-14-10-20-13-22-14/h10,13,15-16,21H,3-9,11-12H2,1-2H3,(H,20,22)(H,25,26)(H,27,28). The van der Waals surface area contributed by atoms with E-state index in [-0.39, 0.29) is 39.0 Å². The number of carboxylic acids is 1. The maximum absolute atomic E-state index is 12.1. The Kier molecular flexibility index (Phi) is 13.5. The topological polar surface area (TPSA) is 186 Å². The van der Waals surface area contributed by atoms with Crippen molar-refractivity contribution in [3.05, 3.63) is 18.2 Å². The van der Waals surface area contributed by atoms with Crippen LogP contribution in [0.4, 0.5) is 0 Å². The zero-order valence-corrected chi connectivity index (χ0v) is 19.6. The first-order valence-corrected chi connectivity index (χ1v) is 12.1. The van der Waals surface area contributed by atoms with Crippen molar-refractivity contribution >= 4 is 25.7 Å². The van der Waals surface area contributed by atoms with Gasteiger partial charge in [-0.1, -0.05) is 13.8 Å². The lowest BCUT2D eigenvalue weighted by Gasteiger charge is -2.20. The van der Waals surface area contributed by atoms with E-state index >= 15 is 0 Å². The number of hydrogen-bond acceptors (Lipinski definition) is 10. The highest BCUT2D eigenvalue weighted by atomic mass is 31.2. The molecule has 14 heteroatoms. The second-order valence-corrected chi connectivity index (χ2v) is 8.41. The van der Waals surface area contributed by atoms with E-state index in [4.69, 9.17) is 18.5 Å². The number of rotatable bonds is 18. The Morgan fingerprint density at radius 1 is 1.21 bits per heavy atom. The van der Waals surface area contributed by atoms with Gasteiger partial charge in [0.2, 0.25) is 0 Å². The first kappa shape index (κ1) is 28.7. The predicted molar refractivity (Wildman–Crippen MR) is 114 cm³/mol. The summed E-state index contributed by atoms with van der Waals surface area (Å²) >= 11 is 0. The summed E-state index contributed by atoms with van der Waals surface area (Å²) in [5.74, 6) is -2.16. The minimum absolute atomic E-state index is 0.0309. The molecule has 0 amide bonds. The smallest absolute Gasteiger partial charge is 0.472 e. The van der Waals surface area contributed by atoms with Crippen LogP contribution in [0.15, 0.2) is 12.5 Å². The third-order valence-corrected chi connectivity index (χ3v) is 5.18. The molecule has 3 unspecified atom stereocenters. The van der Waals surface area contributed by atoms with Gasteiger partial charge in [-0.15, -0.1) is 0 Å². The summed E-state index contributed by atoms with van der Waals surface area (Å²) in [4.78, 5) is 51.0. The number of phosphoric ester groups is 1. The van der Waals surface area contributed by atoms with E-state index < -0.39 is 44.5 Å². The summed E-state index contributed by atoms with van der Waals surface area (Å²) in [5.41, 5.74) is 0.784. The average molecular weight is 493 g/mol. The molecule has 4 N–H and O–H groups in total. The molecule has 188 valence electrons. The normalized spacial score (nSPS) is 14.8. The zero-order chi connectivity index (χ0) is 24.7. The number of aliphatic carboxylic acids is 1. The molecule has 33 heavy (non-hydrogen) atoms. The number of hydrogen-bond donors (Lipinski definition) is 4. The largest absolute Gasteiger partial charge is 0.480 e. The maximum Gasteiger partial charge on any atom is 0.472 e. The number of esters is 2. The highest BCUT2D eigenvalue weighted by Gasteiger charge is 2.26. The van der Waals surface area contributed by atoms with Crippen molar-refractivity contribution in [2.45, 2.75) is 58.1 Å². The number of carbonyl (C=O) groups excluding carboxylic acids is 2. The van der Waals surface area contributed by atoms with E-state index in [2.05, 4.69) is 15.3 Å². The second-order valence-electron chi connectivity index (χ2n) is 6.96. The van der Waals surface area contributed by atoms with Crippen LogP contribution in [0.3, 0.4) is 0 Å². The Balaban J connectivity index is 2.43. The van der Waals surface area contributed by atoms with E-state index in [0.717, 1.165) is 5.69 Å². The van der Waals surface area contributed by atoms with E-state index in [1.807, 2.05) is 0 Å². The van der Waals surface area contributed by atoms with Crippen molar-refractivity contribution in [1.29, 1.82) is 0 Å². The van der Waals surface area contributed by atoms with Crippen LogP contribution in [0.2, 0.25) is 0 Å². The molecule has 0 aliphatic heterocycles. The molecule has 0 saturated carbocycles. The summed E-state index contributed by atoms with van der Waals surface area (Å²) in [6.07, 6.45) is 3.51. The van der Waals surface area contributed by atoms with Crippen molar-refractivity contribution in [2.24, 2.45) is 0 Å². The van der Waals surface area contributed by atoms with Gasteiger partial charge >= 0.3 is 25.7 Å². The first-order chi connectivity index (χ1) is 15.7. The van der Waals surface area contributed by atoms with Crippen molar-refractivity contribution in [1.82, 2.24) is 15.3 Å². The van der Waals surface area contributed by atoms with E-state index in [1.165, 1.54) is 6.33 Å². The van der Waals surface area contributed by atoms with E-state index in [9.17, 15) is 28.9 Å². The number of aryl methyl sites for hydroxylation is 1. The number of ether oxygens (including phenoxy) is 2. The monoisotopic (exact) mass is 493 g/mol. The van der Waals surface area contributed by atoms with Crippen molar-refractivity contribution < 1.29 is 47.5 Å². The Morgan fingerprint density at radius 2 is 1.97 bits per heavy atom. The summed E-state index contributed by atoms with van der Waals surface area (Å²) in [5, 5.41) is 12.0. The number of carboxylic acid groups (broad SMARTS) is 1. The first-order valence-electron chi connectivity index (χ1n) is 10.6. The molecule has 0 aliphatic rings. The number of nitrogens with one attached hydrogen (secondary N) is 2. The molecular weight excluding hydrogens is 461 g/mol. The van der Waals surface area contributed by atoms with Gasteiger partial charge < -0.3 is 29.8 Å². The quantitative estimate of drug-likeness (QED) is 0.130. The maximum atomic E-state index is 12.1. The second kappa shape index (κ2) is 15.5. The van der Waals surface area contributed by atoms with Gasteiger partial charge in [0.1, 0.15) is 12.6 Å². The molecule has 0 bridgehead atoms. The fraction of sp³-hybridized carbons (Fsp3) is 0.684. The molecule has 0 spiro atoms. The molecule has 1 heterocycles. The van der Waals surface area contributed by atoms with Gasteiger partial charge in [0.05, 0.1) is 19.5 Å². The minimum Gasteiger partial charge on any atom is -0.480 e. The highest BCUT2D eigenvalue weighted by Crippen LogP contribution is 2.43. The van der Waals surface area contributed by atoms with Gasteiger partial charge in [-0.05, 0) is 19.3 Å². The van der Waals surface area contributed by atoms with Crippen LogP contribution < -0.4 is 5.32 Å². The fourth-order valence-electron chi connectivity index (χ4n) is 2.50. The number of imidazole rings is 1. The molecule has 13 nitrogen and oxygen atoms in total.